The predicted octanol–water partition coefficient (Wildman–Crippen LogP) is 3.27. The van der Waals surface area contributed by atoms with Gasteiger partial charge in [-0.25, -0.2) is 0 Å². The van der Waals surface area contributed by atoms with Crippen molar-refractivity contribution in [1.29, 1.82) is 0 Å². The molecule has 0 aliphatic rings. The Morgan fingerprint density at radius 2 is 1.57 bits per heavy atom. The van der Waals surface area contributed by atoms with Gasteiger partial charge in [0.2, 0.25) is 5.91 Å². The van der Waals surface area contributed by atoms with E-state index in [-0.39, 0.29) is 11.9 Å². The van der Waals surface area contributed by atoms with E-state index in [1.165, 1.54) is 0 Å². The molecule has 0 aliphatic carbocycles. The smallest absolute Gasteiger partial charge is 0.248 e. The lowest BCUT2D eigenvalue weighted by molar-refractivity contribution is -0.128. The van der Waals surface area contributed by atoms with Gasteiger partial charge in [-0.1, -0.05) is 60.7 Å². The molecule has 0 saturated carbocycles. The van der Waals surface area contributed by atoms with Crippen molar-refractivity contribution in [3.05, 3.63) is 72.3 Å². The van der Waals surface area contributed by atoms with E-state index in [0.29, 0.717) is 0 Å². The Hall–Kier alpha value is -2.55. The zero-order valence-electron chi connectivity index (χ0n) is 12.4. The number of rotatable bonds is 5. The van der Waals surface area contributed by atoms with Gasteiger partial charge in [0.25, 0.3) is 0 Å². The van der Waals surface area contributed by atoms with E-state index in [9.17, 15) is 4.79 Å². The van der Waals surface area contributed by atoms with Gasteiger partial charge in [-0.2, -0.15) is 0 Å². The first-order valence-electron chi connectivity index (χ1n) is 6.93. The topological polar surface area (TPSA) is 32.3 Å². The van der Waals surface area contributed by atoms with Crippen LogP contribution in [-0.2, 0) is 4.79 Å². The van der Waals surface area contributed by atoms with Gasteiger partial charge < -0.3 is 10.2 Å². The molecule has 1 unspecified atom stereocenters. The molecule has 2 aromatic carbocycles. The molecule has 21 heavy (non-hydrogen) atoms. The lowest BCUT2D eigenvalue weighted by Gasteiger charge is -2.20. The number of nitrogens with zero attached hydrogens (tertiary/aromatic N) is 1. The minimum Gasteiger partial charge on any atom is -0.371 e. The van der Waals surface area contributed by atoms with Gasteiger partial charge >= 0.3 is 0 Å². The molecule has 0 aliphatic heterocycles. The van der Waals surface area contributed by atoms with Gasteiger partial charge in [-0.15, -0.1) is 0 Å². The van der Waals surface area contributed by atoms with Crippen LogP contribution in [0.25, 0.3) is 6.08 Å². The largest absolute Gasteiger partial charge is 0.371 e. The lowest BCUT2D eigenvalue weighted by atomic mass is 10.1. The first-order chi connectivity index (χ1) is 10.2. The van der Waals surface area contributed by atoms with Crippen molar-refractivity contribution in [2.75, 3.05) is 19.4 Å². The Morgan fingerprint density at radius 3 is 2.14 bits per heavy atom. The summed E-state index contributed by atoms with van der Waals surface area (Å²) >= 11 is 0. The Balaban J connectivity index is 2.16. The van der Waals surface area contributed by atoms with E-state index in [0.717, 1.165) is 11.3 Å². The summed E-state index contributed by atoms with van der Waals surface area (Å²) < 4.78 is 0. The summed E-state index contributed by atoms with van der Waals surface area (Å²) in [6, 6.07) is 19.3. The predicted molar refractivity (Wildman–Crippen MR) is 88.0 cm³/mol. The van der Waals surface area contributed by atoms with Gasteiger partial charge in [-0.05, 0) is 17.7 Å². The van der Waals surface area contributed by atoms with Gasteiger partial charge in [0.15, 0.2) is 0 Å². The molecule has 0 bridgehead atoms. The number of likely N-dealkylation sites (N-methyl/N-ethyl adjacent to an activating group) is 1. The van der Waals surface area contributed by atoms with Gasteiger partial charge in [0.05, 0.1) is 0 Å². The van der Waals surface area contributed by atoms with E-state index >= 15 is 0 Å². The van der Waals surface area contributed by atoms with Crippen LogP contribution in [0.4, 0.5) is 5.69 Å². The summed E-state index contributed by atoms with van der Waals surface area (Å²) in [5.74, 6) is 0.0195. The number of anilines is 1. The molecule has 0 heterocycles. The third-order valence-electron chi connectivity index (χ3n) is 3.08. The third-order valence-corrected chi connectivity index (χ3v) is 3.08. The molecule has 1 amide bonds. The van der Waals surface area contributed by atoms with Crippen LogP contribution < -0.4 is 5.32 Å². The average molecular weight is 280 g/mol. The summed E-state index contributed by atoms with van der Waals surface area (Å²) in [4.78, 5) is 13.9. The highest BCUT2D eigenvalue weighted by Gasteiger charge is 2.16. The molecule has 0 spiro atoms. The minimum atomic E-state index is -0.386. The standard InChI is InChI=1S/C18H20N2O/c1-20(2)18(21)17(19-16-11-7-4-8-12-16)14-13-15-9-5-3-6-10-15/h3-14,17,19H,1-2H3/b14-13+. The van der Waals surface area contributed by atoms with Crippen LogP contribution in [0.15, 0.2) is 66.7 Å². The van der Waals surface area contributed by atoms with E-state index in [2.05, 4.69) is 5.32 Å². The number of hydrogen-bond donors (Lipinski definition) is 1. The van der Waals surface area contributed by atoms with Crippen molar-refractivity contribution < 1.29 is 4.79 Å². The number of carbonyl (C=O) groups excluding carboxylic acids is 1. The van der Waals surface area contributed by atoms with Crippen LogP contribution in [0, 0.1) is 0 Å². The summed E-state index contributed by atoms with van der Waals surface area (Å²) in [6.45, 7) is 0. The monoisotopic (exact) mass is 280 g/mol. The highest BCUT2D eigenvalue weighted by Crippen LogP contribution is 2.11. The number of nitrogens with one attached hydrogen (secondary N) is 1. The van der Waals surface area contributed by atoms with Crippen molar-refractivity contribution >= 4 is 17.7 Å². The third kappa shape index (κ3) is 4.49. The fraction of sp³-hybridized carbons (Fsp3) is 0.167. The quantitative estimate of drug-likeness (QED) is 0.911. The Labute approximate surface area is 125 Å². The van der Waals surface area contributed by atoms with Crippen LogP contribution in [0.1, 0.15) is 5.56 Å². The zero-order valence-corrected chi connectivity index (χ0v) is 12.4. The molecule has 0 saturated heterocycles. The van der Waals surface area contributed by atoms with E-state index in [4.69, 9.17) is 0 Å². The van der Waals surface area contributed by atoms with Crippen molar-refractivity contribution in [1.82, 2.24) is 4.90 Å². The normalized spacial score (nSPS) is 12.1. The number of para-hydroxylation sites is 1. The van der Waals surface area contributed by atoms with Crippen LogP contribution >= 0.6 is 0 Å². The molecule has 1 atom stereocenters. The number of carbonyl (C=O) groups is 1. The first-order valence-corrected chi connectivity index (χ1v) is 6.93. The van der Waals surface area contributed by atoms with Crippen molar-refractivity contribution in [3.63, 3.8) is 0 Å². The summed E-state index contributed by atoms with van der Waals surface area (Å²) in [5.41, 5.74) is 2.00. The SMILES string of the molecule is CN(C)C(=O)C(/C=C/c1ccccc1)Nc1ccccc1. The van der Waals surface area contributed by atoms with Crippen molar-refractivity contribution in [2.24, 2.45) is 0 Å². The van der Waals surface area contributed by atoms with Gasteiger partial charge in [0, 0.05) is 19.8 Å². The van der Waals surface area contributed by atoms with Crippen LogP contribution in [0.3, 0.4) is 0 Å². The molecule has 0 aromatic heterocycles. The Morgan fingerprint density at radius 1 is 1.00 bits per heavy atom. The second-order valence-corrected chi connectivity index (χ2v) is 4.99. The molecule has 1 N–H and O–H groups in total. The molecule has 3 heteroatoms. The summed E-state index contributed by atoms with van der Waals surface area (Å²) in [7, 11) is 3.52. The molecule has 0 fully saturated rings. The molecule has 3 nitrogen and oxygen atoms in total. The first kappa shape index (κ1) is 14.9. The van der Waals surface area contributed by atoms with Crippen LogP contribution in [0.5, 0.6) is 0 Å². The fourth-order valence-electron chi connectivity index (χ4n) is 1.96. The lowest BCUT2D eigenvalue weighted by Crippen LogP contribution is -2.37. The zero-order chi connectivity index (χ0) is 15.1. The maximum atomic E-state index is 12.3. The van der Waals surface area contributed by atoms with E-state index in [1.807, 2.05) is 72.8 Å². The fourth-order valence-corrected chi connectivity index (χ4v) is 1.96. The summed E-state index contributed by atoms with van der Waals surface area (Å²) in [5, 5.41) is 3.25. The number of hydrogen-bond acceptors (Lipinski definition) is 2. The van der Waals surface area contributed by atoms with Gasteiger partial charge in [-0.3, -0.25) is 4.79 Å². The van der Waals surface area contributed by atoms with Gasteiger partial charge in [0.1, 0.15) is 6.04 Å². The molecule has 0 radical (unpaired) electrons. The van der Waals surface area contributed by atoms with Crippen LogP contribution in [0.2, 0.25) is 0 Å². The highest BCUT2D eigenvalue weighted by molar-refractivity contribution is 5.87. The average Bonchev–Trinajstić information content (AvgIpc) is 2.52. The molecular weight excluding hydrogens is 260 g/mol. The molecule has 2 rings (SSSR count). The Kier molecular flexibility index (Phi) is 5.16. The maximum absolute atomic E-state index is 12.3. The second-order valence-electron chi connectivity index (χ2n) is 4.99. The number of amides is 1. The van der Waals surface area contributed by atoms with E-state index < -0.39 is 0 Å². The minimum absolute atomic E-state index is 0.0195. The van der Waals surface area contributed by atoms with E-state index in [1.54, 1.807) is 19.0 Å². The highest BCUT2D eigenvalue weighted by atomic mass is 16.2. The molecule has 2 aromatic rings. The van der Waals surface area contributed by atoms with Crippen LogP contribution in [-0.4, -0.2) is 30.9 Å². The van der Waals surface area contributed by atoms with Crippen molar-refractivity contribution in [2.45, 2.75) is 6.04 Å². The molecule has 108 valence electrons. The second kappa shape index (κ2) is 7.29. The Bertz CT molecular complexity index is 591. The number of benzene rings is 2. The summed E-state index contributed by atoms with van der Waals surface area (Å²) in [6.07, 6.45) is 3.85. The maximum Gasteiger partial charge on any atom is 0.248 e. The molecular formula is C18H20N2O. The van der Waals surface area contributed by atoms with Crippen molar-refractivity contribution in [3.8, 4) is 0 Å².